The predicted molar refractivity (Wildman–Crippen MR) is 102 cm³/mol. The van der Waals surface area contributed by atoms with Gasteiger partial charge in [-0.3, -0.25) is 4.79 Å². The minimum Gasteiger partial charge on any atom is -0.369 e. The Bertz CT molecular complexity index is 677. The Kier molecular flexibility index (Phi) is 7.31. The summed E-state index contributed by atoms with van der Waals surface area (Å²) in [5.41, 5.74) is 0.899. The van der Waals surface area contributed by atoms with Gasteiger partial charge in [0, 0.05) is 18.0 Å². The molecule has 6 heteroatoms. The monoisotopic (exact) mass is 346 g/mol. The average Bonchev–Trinajstić information content (AvgIpc) is 2.60. The maximum absolute atomic E-state index is 11.9. The number of hydrogen-bond donors (Lipinski definition) is 2. The van der Waals surface area contributed by atoms with Crippen LogP contribution in [0.4, 0.5) is 5.82 Å². The molecule has 1 amide bonds. The third kappa shape index (κ3) is 5.37. The first-order valence-corrected chi connectivity index (χ1v) is 9.55. The number of para-hydroxylation sites is 1. The molecule has 0 saturated heterocycles. The number of nitrogens with zero attached hydrogens (tertiary/aromatic N) is 2. The number of rotatable bonds is 9. The molecule has 1 aromatic heterocycles. The van der Waals surface area contributed by atoms with E-state index in [2.05, 4.69) is 34.4 Å². The number of aromatic nitrogens is 2. The Morgan fingerprint density at radius 1 is 1.25 bits per heavy atom. The van der Waals surface area contributed by atoms with Gasteiger partial charge >= 0.3 is 0 Å². The first-order valence-electron chi connectivity index (χ1n) is 8.56. The van der Waals surface area contributed by atoms with Crippen molar-refractivity contribution in [1.82, 2.24) is 15.3 Å². The maximum Gasteiger partial charge on any atom is 0.230 e. The fraction of sp³-hybridized carbons (Fsp3) is 0.500. The molecule has 0 fully saturated rings. The van der Waals surface area contributed by atoms with Gasteiger partial charge in [0.2, 0.25) is 5.91 Å². The molecule has 0 saturated carbocycles. The molecule has 0 spiro atoms. The number of amides is 1. The van der Waals surface area contributed by atoms with E-state index in [-0.39, 0.29) is 11.9 Å². The molecule has 130 valence electrons. The predicted octanol–water partition coefficient (Wildman–Crippen LogP) is 3.85. The maximum atomic E-state index is 11.9. The molecule has 2 rings (SSSR count). The smallest absolute Gasteiger partial charge is 0.230 e. The Morgan fingerprint density at radius 2 is 2.04 bits per heavy atom. The zero-order valence-corrected chi connectivity index (χ0v) is 15.4. The number of anilines is 1. The molecule has 0 aliphatic rings. The molecule has 0 bridgehead atoms. The lowest BCUT2D eigenvalue weighted by atomic mass is 10.2. The number of hydrogen-bond acceptors (Lipinski definition) is 5. The summed E-state index contributed by atoms with van der Waals surface area (Å²) >= 11 is 1.37. The molecular weight excluding hydrogens is 320 g/mol. The van der Waals surface area contributed by atoms with Crippen molar-refractivity contribution in [3.05, 3.63) is 24.3 Å². The van der Waals surface area contributed by atoms with Crippen molar-refractivity contribution in [2.24, 2.45) is 0 Å². The number of nitrogens with one attached hydrogen (secondary N) is 2. The highest BCUT2D eigenvalue weighted by molar-refractivity contribution is 7.99. The molecule has 0 radical (unpaired) electrons. The SMILES string of the molecule is CCCCNc1nc(SCC(=O)NC(C)CC)nc2ccccc12. The number of carbonyl (C=O) groups is 1. The van der Waals surface area contributed by atoms with Gasteiger partial charge in [0.25, 0.3) is 0 Å². The van der Waals surface area contributed by atoms with E-state index in [1.165, 1.54) is 11.8 Å². The van der Waals surface area contributed by atoms with Crippen molar-refractivity contribution >= 4 is 34.4 Å². The van der Waals surface area contributed by atoms with Gasteiger partial charge in [0.1, 0.15) is 5.82 Å². The highest BCUT2D eigenvalue weighted by atomic mass is 32.2. The molecule has 1 aromatic carbocycles. The van der Waals surface area contributed by atoms with E-state index < -0.39 is 0 Å². The van der Waals surface area contributed by atoms with E-state index in [4.69, 9.17) is 0 Å². The van der Waals surface area contributed by atoms with Gasteiger partial charge in [0.15, 0.2) is 5.16 Å². The molecule has 0 aliphatic carbocycles. The van der Waals surface area contributed by atoms with Gasteiger partial charge in [-0.15, -0.1) is 0 Å². The van der Waals surface area contributed by atoms with Crippen LogP contribution in [0.15, 0.2) is 29.4 Å². The van der Waals surface area contributed by atoms with Crippen molar-refractivity contribution in [1.29, 1.82) is 0 Å². The highest BCUT2D eigenvalue weighted by Crippen LogP contribution is 2.24. The van der Waals surface area contributed by atoms with E-state index in [0.717, 1.165) is 42.5 Å². The van der Waals surface area contributed by atoms with E-state index >= 15 is 0 Å². The number of unbranched alkanes of at least 4 members (excludes halogenated alkanes) is 1. The van der Waals surface area contributed by atoms with E-state index in [9.17, 15) is 4.79 Å². The summed E-state index contributed by atoms with van der Waals surface area (Å²) in [4.78, 5) is 21.1. The number of thioether (sulfide) groups is 1. The summed E-state index contributed by atoms with van der Waals surface area (Å²) in [6, 6.07) is 8.15. The van der Waals surface area contributed by atoms with Gasteiger partial charge < -0.3 is 10.6 Å². The van der Waals surface area contributed by atoms with Crippen LogP contribution in [0.1, 0.15) is 40.0 Å². The summed E-state index contributed by atoms with van der Waals surface area (Å²) in [6.45, 7) is 7.11. The second-order valence-electron chi connectivity index (χ2n) is 5.82. The molecule has 1 atom stereocenters. The fourth-order valence-corrected chi connectivity index (χ4v) is 2.85. The molecule has 5 nitrogen and oxygen atoms in total. The van der Waals surface area contributed by atoms with E-state index in [1.807, 2.05) is 31.2 Å². The normalized spacial score (nSPS) is 12.1. The van der Waals surface area contributed by atoms with Crippen LogP contribution in [0.5, 0.6) is 0 Å². The Labute approximate surface area is 148 Å². The van der Waals surface area contributed by atoms with Gasteiger partial charge in [0.05, 0.1) is 11.3 Å². The molecule has 0 aliphatic heterocycles. The number of carbonyl (C=O) groups excluding carboxylic acids is 1. The van der Waals surface area contributed by atoms with Crippen molar-refractivity contribution in [2.45, 2.75) is 51.2 Å². The fourth-order valence-electron chi connectivity index (χ4n) is 2.19. The zero-order chi connectivity index (χ0) is 17.4. The van der Waals surface area contributed by atoms with Crippen LogP contribution in [0, 0.1) is 0 Å². The van der Waals surface area contributed by atoms with Crippen LogP contribution in [0.3, 0.4) is 0 Å². The van der Waals surface area contributed by atoms with Crippen LogP contribution in [0.25, 0.3) is 10.9 Å². The van der Waals surface area contributed by atoms with Crippen LogP contribution in [0.2, 0.25) is 0 Å². The first-order chi connectivity index (χ1) is 11.6. The first kappa shape index (κ1) is 18.5. The third-order valence-corrected chi connectivity index (χ3v) is 4.60. The van der Waals surface area contributed by atoms with Crippen molar-refractivity contribution in [3.63, 3.8) is 0 Å². The molecule has 24 heavy (non-hydrogen) atoms. The Hall–Kier alpha value is -1.82. The van der Waals surface area contributed by atoms with Crippen LogP contribution in [-0.4, -0.2) is 34.2 Å². The van der Waals surface area contributed by atoms with Crippen LogP contribution >= 0.6 is 11.8 Å². The summed E-state index contributed by atoms with van der Waals surface area (Å²) in [5.74, 6) is 1.20. The van der Waals surface area contributed by atoms with Crippen LogP contribution in [-0.2, 0) is 4.79 Å². The molecule has 1 heterocycles. The third-order valence-electron chi connectivity index (χ3n) is 3.76. The Morgan fingerprint density at radius 3 is 2.79 bits per heavy atom. The summed E-state index contributed by atoms with van der Waals surface area (Å²) in [5, 5.41) is 8.00. The van der Waals surface area contributed by atoms with Gasteiger partial charge in [-0.1, -0.05) is 44.2 Å². The summed E-state index contributed by atoms with van der Waals surface area (Å²) in [6.07, 6.45) is 3.15. The average molecular weight is 346 g/mol. The minimum atomic E-state index is 0.0200. The lowest BCUT2D eigenvalue weighted by Gasteiger charge is -2.12. The topological polar surface area (TPSA) is 66.9 Å². The molecular formula is C18H26N4OS. The lowest BCUT2D eigenvalue weighted by molar-refractivity contribution is -0.119. The van der Waals surface area contributed by atoms with E-state index in [0.29, 0.717) is 10.9 Å². The van der Waals surface area contributed by atoms with Gasteiger partial charge in [-0.2, -0.15) is 0 Å². The number of benzene rings is 1. The van der Waals surface area contributed by atoms with Gasteiger partial charge in [-0.25, -0.2) is 9.97 Å². The summed E-state index contributed by atoms with van der Waals surface area (Å²) in [7, 11) is 0. The largest absolute Gasteiger partial charge is 0.369 e. The Balaban J connectivity index is 2.10. The standard InChI is InChI=1S/C18H26N4OS/c1-4-6-11-19-17-14-9-7-8-10-15(14)21-18(22-17)24-12-16(23)20-13(3)5-2/h7-10,13H,4-6,11-12H2,1-3H3,(H,20,23)(H,19,21,22). The van der Waals surface area contributed by atoms with Gasteiger partial charge in [-0.05, 0) is 31.9 Å². The van der Waals surface area contributed by atoms with Crippen LogP contribution < -0.4 is 10.6 Å². The highest BCUT2D eigenvalue weighted by Gasteiger charge is 2.11. The molecule has 1 unspecified atom stereocenters. The van der Waals surface area contributed by atoms with E-state index in [1.54, 1.807) is 0 Å². The molecule has 2 N–H and O–H groups in total. The zero-order valence-electron chi connectivity index (χ0n) is 14.6. The number of fused-ring (bicyclic) bond motifs is 1. The van der Waals surface area contributed by atoms with Crippen molar-refractivity contribution < 1.29 is 4.79 Å². The van der Waals surface area contributed by atoms with Crippen molar-refractivity contribution in [2.75, 3.05) is 17.6 Å². The summed E-state index contributed by atoms with van der Waals surface area (Å²) < 4.78 is 0. The quantitative estimate of drug-likeness (QED) is 0.410. The second-order valence-corrected chi connectivity index (χ2v) is 6.76. The molecule has 2 aromatic rings. The lowest BCUT2D eigenvalue weighted by Crippen LogP contribution is -2.33. The minimum absolute atomic E-state index is 0.0200. The van der Waals surface area contributed by atoms with Crippen molar-refractivity contribution in [3.8, 4) is 0 Å². The second kappa shape index (κ2) is 9.47.